The van der Waals surface area contributed by atoms with Crippen molar-refractivity contribution in [3.63, 3.8) is 0 Å². The third-order valence-electron chi connectivity index (χ3n) is 1.60. The Hall–Kier alpha value is 0.480. The van der Waals surface area contributed by atoms with Crippen LogP contribution in [0.4, 0.5) is 8.78 Å². The lowest BCUT2D eigenvalue weighted by Gasteiger charge is -2.26. The summed E-state index contributed by atoms with van der Waals surface area (Å²) in [6, 6.07) is 3.08. The van der Waals surface area contributed by atoms with E-state index < -0.39 is 10.4 Å². The highest BCUT2D eigenvalue weighted by atomic mass is 79.9. The molecule has 13 heavy (non-hydrogen) atoms. The second-order valence-electron chi connectivity index (χ2n) is 2.67. The molecule has 1 aromatic rings. The topological polar surface area (TPSA) is 20.2 Å². The maximum Gasteiger partial charge on any atom is 0.334 e. The summed E-state index contributed by atoms with van der Waals surface area (Å²) in [4.78, 5) is -3.12. The highest BCUT2D eigenvalue weighted by Crippen LogP contribution is 2.44. The second-order valence-corrected chi connectivity index (χ2v) is 6.13. The molecule has 0 bridgehead atoms. The molecule has 0 radical (unpaired) electrons. The zero-order valence-electron chi connectivity index (χ0n) is 6.52. The molecule has 0 aromatic carbocycles. The first-order chi connectivity index (χ1) is 5.75. The van der Waals surface area contributed by atoms with E-state index in [9.17, 15) is 13.9 Å². The summed E-state index contributed by atoms with van der Waals surface area (Å²) in [6.45, 7) is 1.07. The first kappa shape index (κ1) is 11.6. The fraction of sp³-hybridized carbons (Fsp3) is 0.429. The van der Waals surface area contributed by atoms with Gasteiger partial charge in [0.2, 0.25) is 0 Å². The van der Waals surface area contributed by atoms with Gasteiger partial charge in [-0.05, 0) is 50.9 Å². The van der Waals surface area contributed by atoms with Crippen LogP contribution in [0.5, 0.6) is 0 Å². The van der Waals surface area contributed by atoms with Crippen LogP contribution in [-0.2, 0) is 5.60 Å². The lowest BCUT2D eigenvalue weighted by Crippen LogP contribution is -2.36. The molecule has 0 saturated carbocycles. The third-order valence-corrected chi connectivity index (χ3v) is 4.21. The molecule has 0 spiro atoms. The van der Waals surface area contributed by atoms with Gasteiger partial charge in [0.1, 0.15) is 0 Å². The molecule has 0 fully saturated rings. The molecule has 1 unspecified atom stereocenters. The molecule has 0 aliphatic heterocycles. The summed E-state index contributed by atoms with van der Waals surface area (Å²) in [6.07, 6.45) is 0. The van der Waals surface area contributed by atoms with E-state index in [4.69, 9.17) is 0 Å². The fourth-order valence-corrected chi connectivity index (χ4v) is 2.52. The van der Waals surface area contributed by atoms with E-state index in [1.807, 2.05) is 0 Å². The van der Waals surface area contributed by atoms with Crippen LogP contribution in [0.1, 0.15) is 11.8 Å². The predicted molar refractivity (Wildman–Crippen MR) is 55.5 cm³/mol. The Labute approximate surface area is 95.0 Å². The number of hydrogen-bond acceptors (Lipinski definition) is 2. The highest BCUT2D eigenvalue weighted by molar-refractivity contribution is 9.11. The average molecular weight is 336 g/mol. The summed E-state index contributed by atoms with van der Waals surface area (Å²) < 4.78 is 26.4. The van der Waals surface area contributed by atoms with Crippen LogP contribution >= 0.6 is 43.2 Å². The summed E-state index contributed by atoms with van der Waals surface area (Å²) in [5.41, 5.74) is -2.18. The zero-order chi connectivity index (χ0) is 10.3. The molecule has 1 N–H and O–H groups in total. The summed E-state index contributed by atoms with van der Waals surface area (Å²) >= 11 is 6.37. The van der Waals surface area contributed by atoms with E-state index in [-0.39, 0.29) is 4.88 Å². The zero-order valence-corrected chi connectivity index (χ0v) is 10.5. The lowest BCUT2D eigenvalue weighted by atomic mass is 10.1. The Balaban J connectivity index is 3.07. The fourth-order valence-electron chi connectivity index (χ4n) is 0.716. The van der Waals surface area contributed by atoms with Crippen molar-refractivity contribution in [2.75, 3.05) is 0 Å². The molecule has 0 amide bonds. The molecule has 0 aliphatic carbocycles. The van der Waals surface area contributed by atoms with Crippen molar-refractivity contribution in [3.8, 4) is 0 Å². The quantitative estimate of drug-likeness (QED) is 0.817. The van der Waals surface area contributed by atoms with Crippen molar-refractivity contribution in [1.82, 2.24) is 0 Å². The van der Waals surface area contributed by atoms with Gasteiger partial charge in [0.25, 0.3) is 0 Å². The van der Waals surface area contributed by atoms with Crippen LogP contribution in [0.25, 0.3) is 0 Å². The van der Waals surface area contributed by atoms with Gasteiger partial charge in [-0.25, -0.2) is 0 Å². The normalized spacial score (nSPS) is 17.1. The van der Waals surface area contributed by atoms with Crippen molar-refractivity contribution in [2.45, 2.75) is 17.4 Å². The Morgan fingerprint density at radius 1 is 1.46 bits per heavy atom. The monoisotopic (exact) mass is 334 g/mol. The number of aliphatic hydroxyl groups is 1. The minimum absolute atomic E-state index is 0.209. The smallest absolute Gasteiger partial charge is 0.334 e. The van der Waals surface area contributed by atoms with Gasteiger partial charge < -0.3 is 5.11 Å². The lowest BCUT2D eigenvalue weighted by molar-refractivity contribution is -0.106. The van der Waals surface area contributed by atoms with Gasteiger partial charge in [0, 0.05) is 4.88 Å². The number of rotatable bonds is 2. The number of alkyl halides is 3. The van der Waals surface area contributed by atoms with Crippen molar-refractivity contribution in [1.29, 1.82) is 0 Å². The number of halogens is 4. The van der Waals surface area contributed by atoms with E-state index in [0.29, 0.717) is 3.79 Å². The van der Waals surface area contributed by atoms with Gasteiger partial charge in [-0.2, -0.15) is 8.78 Å². The van der Waals surface area contributed by atoms with Crippen LogP contribution in [0.3, 0.4) is 0 Å². The first-order valence-electron chi connectivity index (χ1n) is 3.30. The van der Waals surface area contributed by atoms with Crippen LogP contribution in [0, 0.1) is 0 Å². The minimum atomic E-state index is -3.33. The average Bonchev–Trinajstić information content (AvgIpc) is 2.33. The summed E-state index contributed by atoms with van der Waals surface area (Å²) in [7, 11) is 0. The van der Waals surface area contributed by atoms with Crippen molar-refractivity contribution < 1.29 is 13.9 Å². The largest absolute Gasteiger partial charge is 0.377 e. The van der Waals surface area contributed by atoms with Crippen molar-refractivity contribution in [2.24, 2.45) is 0 Å². The van der Waals surface area contributed by atoms with Gasteiger partial charge in [-0.15, -0.1) is 11.3 Å². The molecular weight excluding hydrogens is 330 g/mol. The van der Waals surface area contributed by atoms with Crippen LogP contribution in [0.15, 0.2) is 15.9 Å². The molecule has 1 nitrogen and oxygen atoms in total. The summed E-state index contributed by atoms with van der Waals surface area (Å²) in [5, 5.41) is 9.53. The van der Waals surface area contributed by atoms with Crippen LogP contribution in [0.2, 0.25) is 0 Å². The molecule has 6 heteroatoms. The van der Waals surface area contributed by atoms with Gasteiger partial charge in [-0.3, -0.25) is 0 Å². The van der Waals surface area contributed by atoms with E-state index >= 15 is 0 Å². The Morgan fingerprint density at radius 2 is 2.00 bits per heavy atom. The highest BCUT2D eigenvalue weighted by Gasteiger charge is 2.48. The first-order valence-corrected chi connectivity index (χ1v) is 5.70. The SMILES string of the molecule is CC(O)(c1ccc(Br)s1)C(F)(F)Br. The van der Waals surface area contributed by atoms with E-state index in [0.717, 1.165) is 18.3 Å². The standard InChI is InChI=1S/C7H6Br2F2OS/c1-6(12,7(9,10)11)4-2-3-5(8)13-4/h2-3,12H,1H3. The molecular formula is C7H6Br2F2OS. The third kappa shape index (κ3) is 2.29. The molecule has 0 saturated heterocycles. The Kier molecular flexibility index (Phi) is 3.17. The molecule has 1 atom stereocenters. The second kappa shape index (κ2) is 3.56. The van der Waals surface area contributed by atoms with Crippen molar-refractivity contribution in [3.05, 3.63) is 20.8 Å². The van der Waals surface area contributed by atoms with Gasteiger partial charge in [0.05, 0.1) is 3.79 Å². The maximum absolute atomic E-state index is 12.9. The van der Waals surface area contributed by atoms with Crippen LogP contribution in [-0.4, -0.2) is 9.94 Å². The number of hydrogen-bond donors (Lipinski definition) is 1. The molecule has 74 valence electrons. The van der Waals surface area contributed by atoms with E-state index in [1.54, 1.807) is 6.07 Å². The molecule has 1 aromatic heterocycles. The van der Waals surface area contributed by atoms with Gasteiger partial charge in [-0.1, -0.05) is 0 Å². The van der Waals surface area contributed by atoms with Gasteiger partial charge >= 0.3 is 4.83 Å². The van der Waals surface area contributed by atoms with E-state index in [2.05, 4.69) is 31.9 Å². The Morgan fingerprint density at radius 3 is 2.31 bits per heavy atom. The Bertz CT molecular complexity index is 306. The number of thiophene rings is 1. The van der Waals surface area contributed by atoms with Gasteiger partial charge in [0.15, 0.2) is 5.60 Å². The van der Waals surface area contributed by atoms with Crippen molar-refractivity contribution >= 4 is 43.2 Å². The van der Waals surface area contributed by atoms with Crippen LogP contribution < -0.4 is 0 Å². The van der Waals surface area contributed by atoms with E-state index in [1.165, 1.54) is 6.07 Å². The summed E-state index contributed by atoms with van der Waals surface area (Å²) in [5.74, 6) is 0. The maximum atomic E-state index is 12.9. The molecule has 1 rings (SSSR count). The molecule has 1 heterocycles. The predicted octanol–water partition coefficient (Wildman–Crippen LogP) is 3.71. The minimum Gasteiger partial charge on any atom is -0.377 e. The molecule has 0 aliphatic rings.